The van der Waals surface area contributed by atoms with Crippen LogP contribution in [-0.4, -0.2) is 27.1 Å². The van der Waals surface area contributed by atoms with Gasteiger partial charge in [-0.2, -0.15) is 0 Å². The molecular weight excluding hydrogens is 385 g/mol. The van der Waals surface area contributed by atoms with Gasteiger partial charge in [-0.05, 0) is 43.7 Å². The van der Waals surface area contributed by atoms with E-state index in [0.29, 0.717) is 23.1 Å². The van der Waals surface area contributed by atoms with Crippen LogP contribution in [-0.2, 0) is 17.8 Å². The van der Waals surface area contributed by atoms with E-state index in [2.05, 4.69) is 23.8 Å². The van der Waals surface area contributed by atoms with Gasteiger partial charge in [0.05, 0.1) is 23.3 Å². The Morgan fingerprint density at radius 1 is 1.33 bits per heavy atom. The number of nitrogen functional groups attached to an aromatic ring is 1. The quantitative estimate of drug-likeness (QED) is 0.399. The number of ketones is 1. The van der Waals surface area contributed by atoms with Crippen molar-refractivity contribution in [2.24, 2.45) is 0 Å². The van der Waals surface area contributed by atoms with Crippen molar-refractivity contribution in [3.8, 4) is 0 Å². The average molecular weight is 404 g/mol. The van der Waals surface area contributed by atoms with E-state index in [0.717, 1.165) is 21.5 Å². The van der Waals surface area contributed by atoms with Crippen LogP contribution < -0.4 is 5.73 Å². The van der Waals surface area contributed by atoms with E-state index in [-0.39, 0.29) is 23.0 Å². The predicted molar refractivity (Wildman–Crippen MR) is 106 cm³/mol. The van der Waals surface area contributed by atoms with Gasteiger partial charge in [-0.3, -0.25) is 4.79 Å². The van der Waals surface area contributed by atoms with Crippen molar-refractivity contribution < 1.29 is 13.9 Å². The molecule has 1 aliphatic rings. The maximum atomic E-state index is 13.0. The molecule has 0 atom stereocenters. The third-order valence-electron chi connectivity index (χ3n) is 4.44. The number of ether oxygens (including phenoxy) is 1. The molecule has 0 saturated heterocycles. The predicted octanol–water partition coefficient (Wildman–Crippen LogP) is 4.24. The molecule has 1 aromatic carbocycles. The molecule has 0 radical (unpaired) electrons. The number of fused-ring (bicyclic) bond motifs is 3. The van der Waals surface area contributed by atoms with Gasteiger partial charge in [0, 0.05) is 16.9 Å². The molecule has 0 bridgehead atoms. The third-order valence-corrected chi connectivity index (χ3v) is 6.38. The number of rotatable bonds is 4. The largest absolute Gasteiger partial charge is 0.383 e. The Morgan fingerprint density at radius 3 is 2.81 bits per heavy atom. The summed E-state index contributed by atoms with van der Waals surface area (Å²) >= 11 is 2.80. The number of carbonyl (C=O) groups excluding carboxylic acids is 1. The Balaban J connectivity index is 1.57. The highest BCUT2D eigenvalue weighted by molar-refractivity contribution is 7.99. The molecule has 0 fully saturated rings. The number of thioether (sulfide) groups is 1. The van der Waals surface area contributed by atoms with E-state index in [4.69, 9.17) is 10.5 Å². The highest BCUT2D eigenvalue weighted by Gasteiger charge is 2.30. The average Bonchev–Trinajstić information content (AvgIpc) is 2.97. The molecule has 1 aliphatic heterocycles. The van der Waals surface area contributed by atoms with Crippen LogP contribution in [0.15, 0.2) is 29.4 Å². The second kappa shape index (κ2) is 6.85. The van der Waals surface area contributed by atoms with Gasteiger partial charge >= 0.3 is 0 Å². The summed E-state index contributed by atoms with van der Waals surface area (Å²) in [4.78, 5) is 23.2. The first-order valence-electron chi connectivity index (χ1n) is 8.46. The normalized spacial score (nSPS) is 15.7. The van der Waals surface area contributed by atoms with Crippen LogP contribution in [0.4, 0.5) is 10.2 Å². The number of hydrogen-bond donors (Lipinski definition) is 1. The number of anilines is 1. The summed E-state index contributed by atoms with van der Waals surface area (Å²) in [6, 6.07) is 5.51. The van der Waals surface area contributed by atoms with Crippen LogP contribution in [0.5, 0.6) is 0 Å². The molecule has 3 aromatic rings. The van der Waals surface area contributed by atoms with Gasteiger partial charge in [-0.1, -0.05) is 11.8 Å². The van der Waals surface area contributed by atoms with Crippen LogP contribution in [0.1, 0.15) is 34.6 Å². The lowest BCUT2D eigenvalue weighted by Crippen LogP contribution is -2.31. The van der Waals surface area contributed by atoms with E-state index in [1.165, 1.54) is 41.6 Å². The second-order valence-electron chi connectivity index (χ2n) is 7.02. The van der Waals surface area contributed by atoms with Gasteiger partial charge in [-0.25, -0.2) is 14.4 Å². The van der Waals surface area contributed by atoms with Crippen molar-refractivity contribution >= 4 is 44.9 Å². The highest BCUT2D eigenvalue weighted by atomic mass is 32.2. The lowest BCUT2D eigenvalue weighted by molar-refractivity contribution is -0.0379. The lowest BCUT2D eigenvalue weighted by Gasteiger charge is -2.30. The number of halogens is 1. The molecule has 8 heteroatoms. The van der Waals surface area contributed by atoms with Crippen LogP contribution in [0.2, 0.25) is 0 Å². The second-order valence-corrected chi connectivity index (χ2v) is 9.05. The van der Waals surface area contributed by atoms with E-state index >= 15 is 0 Å². The minimum Gasteiger partial charge on any atom is -0.383 e. The molecule has 2 aromatic heterocycles. The fraction of sp³-hybridized carbons (Fsp3) is 0.316. The van der Waals surface area contributed by atoms with Crippen molar-refractivity contribution in [3.05, 3.63) is 46.1 Å². The van der Waals surface area contributed by atoms with Crippen molar-refractivity contribution in [2.45, 2.75) is 37.6 Å². The summed E-state index contributed by atoms with van der Waals surface area (Å²) in [5.41, 5.74) is 7.62. The molecule has 0 aliphatic carbocycles. The zero-order chi connectivity index (χ0) is 19.2. The number of nitrogens with two attached hydrogens (primary N) is 1. The fourth-order valence-electron chi connectivity index (χ4n) is 3.07. The SMILES string of the molecule is CC1(C)Cc2c(sc3nc(SCC(=O)c4ccc(F)cc4)nc(N)c23)CO1. The summed E-state index contributed by atoms with van der Waals surface area (Å²) in [6.45, 7) is 4.66. The number of benzene rings is 1. The monoisotopic (exact) mass is 403 g/mol. The Hall–Kier alpha value is -2.03. The standard InChI is InChI=1S/C19H18FN3O2S2/c1-19(2)7-12-14(8-25-19)27-17-15(12)16(21)22-18(23-17)26-9-13(24)10-3-5-11(20)6-4-10/h3-6H,7-9H2,1-2H3,(H2,21,22,23). The van der Waals surface area contributed by atoms with E-state index in [1.54, 1.807) is 11.3 Å². The van der Waals surface area contributed by atoms with Gasteiger partial charge < -0.3 is 10.5 Å². The number of hydrogen-bond acceptors (Lipinski definition) is 7. The van der Waals surface area contributed by atoms with E-state index in [1.807, 2.05) is 0 Å². The maximum absolute atomic E-state index is 13.0. The molecular formula is C19H18FN3O2S2. The van der Waals surface area contributed by atoms with Crippen LogP contribution >= 0.6 is 23.1 Å². The topological polar surface area (TPSA) is 78.1 Å². The molecule has 3 heterocycles. The minimum absolute atomic E-state index is 0.108. The zero-order valence-corrected chi connectivity index (χ0v) is 16.5. The number of thiophene rings is 1. The summed E-state index contributed by atoms with van der Waals surface area (Å²) in [6.07, 6.45) is 0.769. The van der Waals surface area contributed by atoms with Crippen molar-refractivity contribution in [1.82, 2.24) is 9.97 Å². The molecule has 4 rings (SSSR count). The molecule has 0 amide bonds. The van der Waals surface area contributed by atoms with Crippen molar-refractivity contribution in [2.75, 3.05) is 11.5 Å². The first-order chi connectivity index (χ1) is 12.8. The summed E-state index contributed by atoms with van der Waals surface area (Å²) in [5.74, 6) is 0.127. The Kier molecular flexibility index (Phi) is 4.65. The highest BCUT2D eigenvalue weighted by Crippen LogP contribution is 2.40. The molecule has 0 saturated carbocycles. The third kappa shape index (κ3) is 3.69. The zero-order valence-electron chi connectivity index (χ0n) is 14.9. The molecule has 5 nitrogen and oxygen atoms in total. The Labute approximate surface area is 164 Å². The fourth-order valence-corrected chi connectivity index (χ4v) is 4.98. The summed E-state index contributed by atoms with van der Waals surface area (Å²) in [5, 5.41) is 1.37. The molecule has 27 heavy (non-hydrogen) atoms. The Bertz CT molecular complexity index is 1030. The van der Waals surface area contributed by atoms with Gasteiger partial charge in [0.25, 0.3) is 0 Å². The molecule has 0 spiro atoms. The minimum atomic E-state index is -0.366. The number of aromatic nitrogens is 2. The number of Topliss-reactive ketones (excluding diaryl/α,β-unsaturated/α-hetero) is 1. The van der Waals surface area contributed by atoms with Gasteiger partial charge in [-0.15, -0.1) is 11.3 Å². The lowest BCUT2D eigenvalue weighted by atomic mass is 9.94. The van der Waals surface area contributed by atoms with Gasteiger partial charge in [0.2, 0.25) is 0 Å². The number of nitrogens with zero attached hydrogens (tertiary/aromatic N) is 2. The van der Waals surface area contributed by atoms with Crippen LogP contribution in [0, 0.1) is 5.82 Å². The molecule has 0 unspecified atom stereocenters. The van der Waals surface area contributed by atoms with Gasteiger partial charge in [0.1, 0.15) is 16.5 Å². The van der Waals surface area contributed by atoms with E-state index in [9.17, 15) is 9.18 Å². The first kappa shape index (κ1) is 18.3. The molecule has 2 N–H and O–H groups in total. The maximum Gasteiger partial charge on any atom is 0.191 e. The Morgan fingerprint density at radius 2 is 2.07 bits per heavy atom. The van der Waals surface area contributed by atoms with E-state index < -0.39 is 0 Å². The van der Waals surface area contributed by atoms with Crippen LogP contribution in [0.25, 0.3) is 10.2 Å². The van der Waals surface area contributed by atoms with Gasteiger partial charge in [0.15, 0.2) is 10.9 Å². The smallest absolute Gasteiger partial charge is 0.191 e. The van der Waals surface area contributed by atoms with Crippen molar-refractivity contribution in [1.29, 1.82) is 0 Å². The van der Waals surface area contributed by atoms with Crippen molar-refractivity contribution in [3.63, 3.8) is 0 Å². The first-order valence-corrected chi connectivity index (χ1v) is 10.3. The number of carbonyl (C=O) groups is 1. The van der Waals surface area contributed by atoms with Crippen LogP contribution in [0.3, 0.4) is 0 Å². The molecule has 140 valence electrons. The summed E-state index contributed by atoms with van der Waals surface area (Å²) in [7, 11) is 0. The summed E-state index contributed by atoms with van der Waals surface area (Å²) < 4.78 is 18.9.